The summed E-state index contributed by atoms with van der Waals surface area (Å²) < 4.78 is 0. The number of anilines is 1. The maximum Gasteiger partial charge on any atom is 0.269 e. The third-order valence-electron chi connectivity index (χ3n) is 8.76. The maximum atomic E-state index is 13.6. The Morgan fingerprint density at radius 2 is 1.50 bits per heavy atom. The third kappa shape index (κ3) is 4.27. The molecule has 1 N–H and O–H groups in total. The van der Waals surface area contributed by atoms with E-state index in [1.165, 1.54) is 31.4 Å². The second-order valence-corrected chi connectivity index (χ2v) is 11.5. The fourth-order valence-electron chi connectivity index (χ4n) is 7.36. The number of benzene rings is 1. The smallest absolute Gasteiger partial charge is 0.269 e. The van der Waals surface area contributed by atoms with Crippen molar-refractivity contribution in [3.05, 3.63) is 34.4 Å². The first-order valence-electron chi connectivity index (χ1n) is 12.8. The molecular formula is C26H36N4O4. The number of amides is 2. The molecule has 0 aromatic heterocycles. The van der Waals surface area contributed by atoms with Crippen LogP contribution < -0.4 is 10.2 Å². The van der Waals surface area contributed by atoms with Gasteiger partial charge in [0.1, 0.15) is 6.04 Å². The second-order valence-electron chi connectivity index (χ2n) is 11.5. The lowest BCUT2D eigenvalue weighted by Crippen LogP contribution is -2.60. The Balaban J connectivity index is 1.21. The second kappa shape index (κ2) is 8.86. The van der Waals surface area contributed by atoms with Gasteiger partial charge < -0.3 is 15.1 Å². The molecule has 1 heterocycles. The van der Waals surface area contributed by atoms with Gasteiger partial charge in [-0.25, -0.2) is 0 Å². The highest BCUT2D eigenvalue weighted by Crippen LogP contribution is 2.60. The van der Waals surface area contributed by atoms with E-state index in [1.807, 2.05) is 18.7 Å². The molecule has 8 nitrogen and oxygen atoms in total. The molecule has 34 heavy (non-hydrogen) atoms. The van der Waals surface area contributed by atoms with E-state index in [-0.39, 0.29) is 28.8 Å². The average molecular weight is 469 g/mol. The molecule has 184 valence electrons. The first kappa shape index (κ1) is 23.1. The van der Waals surface area contributed by atoms with Gasteiger partial charge in [0.25, 0.3) is 5.69 Å². The van der Waals surface area contributed by atoms with Gasteiger partial charge in [0.15, 0.2) is 0 Å². The summed E-state index contributed by atoms with van der Waals surface area (Å²) in [6, 6.07) is 6.06. The molecule has 1 saturated heterocycles. The van der Waals surface area contributed by atoms with Crippen molar-refractivity contribution in [2.24, 2.45) is 29.1 Å². The Morgan fingerprint density at radius 3 is 1.97 bits per heavy atom. The molecule has 1 aromatic carbocycles. The number of carbonyl (C=O) groups excluding carboxylic acids is 2. The zero-order valence-corrected chi connectivity index (χ0v) is 20.2. The SMILES string of the molecule is CC(C)C(NC(=O)C12CC3CC(CC(C3)C1)C2)C(=O)N1CCN(c2ccc([N+](=O)[O-])cc2)CC1. The summed E-state index contributed by atoms with van der Waals surface area (Å²) in [7, 11) is 0. The van der Waals surface area contributed by atoms with E-state index in [1.54, 1.807) is 12.1 Å². The van der Waals surface area contributed by atoms with Crippen LogP contribution in [0.3, 0.4) is 0 Å². The van der Waals surface area contributed by atoms with Gasteiger partial charge in [0.2, 0.25) is 11.8 Å². The molecule has 0 radical (unpaired) electrons. The highest BCUT2D eigenvalue weighted by molar-refractivity contribution is 5.90. The van der Waals surface area contributed by atoms with Gasteiger partial charge in [-0.2, -0.15) is 0 Å². The van der Waals surface area contributed by atoms with Crippen molar-refractivity contribution in [1.82, 2.24) is 10.2 Å². The van der Waals surface area contributed by atoms with Gasteiger partial charge in [-0.15, -0.1) is 0 Å². The van der Waals surface area contributed by atoms with Crippen LogP contribution in [-0.2, 0) is 9.59 Å². The summed E-state index contributed by atoms with van der Waals surface area (Å²) >= 11 is 0. The summed E-state index contributed by atoms with van der Waals surface area (Å²) in [4.78, 5) is 41.6. The van der Waals surface area contributed by atoms with Crippen molar-refractivity contribution in [1.29, 1.82) is 0 Å². The highest BCUT2D eigenvalue weighted by atomic mass is 16.6. The van der Waals surface area contributed by atoms with E-state index < -0.39 is 11.0 Å². The van der Waals surface area contributed by atoms with E-state index in [0.717, 1.165) is 24.9 Å². The predicted octanol–water partition coefficient (Wildman–Crippen LogP) is 3.60. The fourth-order valence-corrected chi connectivity index (χ4v) is 7.36. The number of nitrogens with zero attached hydrogens (tertiary/aromatic N) is 3. The number of non-ortho nitro benzene ring substituents is 1. The normalized spacial score (nSPS) is 31.0. The quantitative estimate of drug-likeness (QED) is 0.508. The zero-order valence-electron chi connectivity index (χ0n) is 20.2. The number of rotatable bonds is 6. The lowest BCUT2D eigenvalue weighted by molar-refractivity contribution is -0.384. The minimum absolute atomic E-state index is 0.0106. The molecule has 8 heteroatoms. The fraction of sp³-hybridized carbons (Fsp3) is 0.692. The van der Waals surface area contributed by atoms with Crippen LogP contribution in [0.2, 0.25) is 0 Å². The van der Waals surface area contributed by atoms with Gasteiger partial charge in [-0.3, -0.25) is 19.7 Å². The lowest BCUT2D eigenvalue weighted by atomic mass is 9.49. The molecule has 1 aromatic rings. The number of carbonyl (C=O) groups is 2. The lowest BCUT2D eigenvalue weighted by Gasteiger charge is -2.56. The van der Waals surface area contributed by atoms with Crippen molar-refractivity contribution in [2.45, 2.75) is 58.4 Å². The van der Waals surface area contributed by atoms with Crippen LogP contribution in [0.5, 0.6) is 0 Å². The van der Waals surface area contributed by atoms with Gasteiger partial charge in [0, 0.05) is 49.4 Å². The van der Waals surface area contributed by atoms with E-state index in [0.29, 0.717) is 43.9 Å². The summed E-state index contributed by atoms with van der Waals surface area (Å²) in [6.07, 6.45) is 6.86. The van der Waals surface area contributed by atoms with Gasteiger partial charge in [-0.1, -0.05) is 13.8 Å². The van der Waals surface area contributed by atoms with Crippen LogP contribution in [0.4, 0.5) is 11.4 Å². The van der Waals surface area contributed by atoms with Crippen LogP contribution >= 0.6 is 0 Å². The minimum atomic E-state index is -0.494. The molecule has 6 rings (SSSR count). The van der Waals surface area contributed by atoms with Crippen molar-refractivity contribution < 1.29 is 14.5 Å². The Bertz CT molecular complexity index is 917. The van der Waals surface area contributed by atoms with E-state index in [2.05, 4.69) is 10.2 Å². The summed E-state index contributed by atoms with van der Waals surface area (Å²) in [5.74, 6) is 2.23. The van der Waals surface area contributed by atoms with Crippen LogP contribution in [-0.4, -0.2) is 53.9 Å². The van der Waals surface area contributed by atoms with Crippen LogP contribution in [0.15, 0.2) is 24.3 Å². The summed E-state index contributed by atoms with van der Waals surface area (Å²) in [6.45, 7) is 6.50. The molecule has 1 aliphatic heterocycles. The maximum absolute atomic E-state index is 13.6. The Hall–Kier alpha value is -2.64. The van der Waals surface area contributed by atoms with Crippen molar-refractivity contribution in [3.8, 4) is 0 Å². The molecule has 4 saturated carbocycles. The summed E-state index contributed by atoms with van der Waals surface area (Å²) in [5.41, 5.74) is 0.747. The molecular weight excluding hydrogens is 432 g/mol. The first-order chi connectivity index (χ1) is 16.2. The number of nitrogens with one attached hydrogen (secondary N) is 1. The molecule has 1 unspecified atom stereocenters. The molecule has 5 aliphatic rings. The monoisotopic (exact) mass is 468 g/mol. The standard InChI is InChI=1S/C26H36N4O4/c1-17(2)23(27-25(32)26-14-18-11-19(15-26)13-20(12-18)16-26)24(31)29-9-7-28(8-10-29)21-3-5-22(6-4-21)30(33)34/h3-6,17-20,23H,7-16H2,1-2H3,(H,27,32). The number of nitro groups is 1. The number of piperazine rings is 1. The van der Waals surface area contributed by atoms with Crippen molar-refractivity contribution >= 4 is 23.2 Å². The van der Waals surface area contributed by atoms with E-state index in [4.69, 9.17) is 0 Å². The largest absolute Gasteiger partial charge is 0.368 e. The van der Waals surface area contributed by atoms with Gasteiger partial charge in [0.05, 0.1) is 4.92 Å². The predicted molar refractivity (Wildman–Crippen MR) is 129 cm³/mol. The molecule has 5 fully saturated rings. The Kier molecular flexibility index (Phi) is 6.02. The Morgan fingerprint density at radius 1 is 0.971 bits per heavy atom. The number of hydrogen-bond donors (Lipinski definition) is 1. The minimum Gasteiger partial charge on any atom is -0.368 e. The molecule has 0 spiro atoms. The molecule has 4 bridgehead atoms. The first-order valence-corrected chi connectivity index (χ1v) is 12.8. The van der Waals surface area contributed by atoms with Crippen LogP contribution in [0.25, 0.3) is 0 Å². The zero-order chi connectivity index (χ0) is 24.0. The topological polar surface area (TPSA) is 95.8 Å². The molecule has 2 amide bonds. The molecule has 1 atom stereocenters. The molecule has 4 aliphatic carbocycles. The van der Waals surface area contributed by atoms with Gasteiger partial charge >= 0.3 is 0 Å². The average Bonchev–Trinajstić information content (AvgIpc) is 2.81. The van der Waals surface area contributed by atoms with Crippen LogP contribution in [0.1, 0.15) is 52.4 Å². The third-order valence-corrected chi connectivity index (χ3v) is 8.76. The Labute approximate surface area is 201 Å². The highest BCUT2D eigenvalue weighted by Gasteiger charge is 2.55. The number of hydrogen-bond acceptors (Lipinski definition) is 5. The van der Waals surface area contributed by atoms with E-state index >= 15 is 0 Å². The summed E-state index contributed by atoms with van der Waals surface area (Å²) in [5, 5.41) is 14.1. The number of nitro benzene ring substituents is 1. The van der Waals surface area contributed by atoms with E-state index in [9.17, 15) is 19.7 Å². The van der Waals surface area contributed by atoms with Crippen molar-refractivity contribution in [3.63, 3.8) is 0 Å². The van der Waals surface area contributed by atoms with Crippen molar-refractivity contribution in [2.75, 3.05) is 31.1 Å². The van der Waals surface area contributed by atoms with Gasteiger partial charge in [-0.05, 0) is 74.3 Å². The van der Waals surface area contributed by atoms with Crippen LogP contribution in [0, 0.1) is 39.2 Å².